The zero-order valence-corrected chi connectivity index (χ0v) is 17.1. The van der Waals surface area contributed by atoms with Crippen LogP contribution in [0.15, 0.2) is 42.5 Å². The molecule has 29 heavy (non-hydrogen) atoms. The van der Waals surface area contributed by atoms with E-state index >= 15 is 0 Å². The van der Waals surface area contributed by atoms with E-state index in [1.165, 1.54) is 0 Å². The minimum absolute atomic E-state index is 0.0204. The molecule has 0 aliphatic carbocycles. The van der Waals surface area contributed by atoms with Gasteiger partial charge in [0.1, 0.15) is 5.75 Å². The molecule has 2 rings (SSSR count). The van der Waals surface area contributed by atoms with Gasteiger partial charge in [-0.2, -0.15) is 0 Å². The molecule has 0 bridgehead atoms. The van der Waals surface area contributed by atoms with Crippen molar-refractivity contribution in [2.45, 2.75) is 40.0 Å². The molecule has 0 radical (unpaired) electrons. The van der Waals surface area contributed by atoms with Crippen LogP contribution in [0.1, 0.15) is 47.7 Å². The maximum atomic E-state index is 12.2. The molecule has 0 fully saturated rings. The molecule has 0 unspecified atom stereocenters. The first-order valence-corrected chi connectivity index (χ1v) is 9.68. The van der Waals surface area contributed by atoms with Crippen LogP contribution in [0.4, 0.5) is 5.69 Å². The molecule has 6 nitrogen and oxygen atoms in total. The van der Waals surface area contributed by atoms with Crippen LogP contribution >= 0.6 is 0 Å². The predicted molar refractivity (Wildman–Crippen MR) is 111 cm³/mol. The molecule has 154 valence electrons. The minimum atomic E-state index is -0.585. The quantitative estimate of drug-likeness (QED) is 0.479. The Morgan fingerprint density at radius 1 is 0.931 bits per heavy atom. The molecular formula is C23H27NO5. The lowest BCUT2D eigenvalue weighted by atomic mass is 10.1. The van der Waals surface area contributed by atoms with Crippen molar-refractivity contribution < 1.29 is 23.9 Å². The molecule has 0 heterocycles. The Kier molecular flexibility index (Phi) is 8.40. The number of hydrogen-bond donors (Lipinski definition) is 1. The van der Waals surface area contributed by atoms with E-state index in [1.807, 2.05) is 39.0 Å². The summed E-state index contributed by atoms with van der Waals surface area (Å²) in [6, 6.07) is 12.5. The van der Waals surface area contributed by atoms with Crippen molar-refractivity contribution in [3.8, 4) is 5.75 Å². The smallest absolute Gasteiger partial charge is 0.306 e. The minimum Gasteiger partial charge on any atom is -0.494 e. The molecule has 1 N–H and O–H groups in total. The van der Waals surface area contributed by atoms with E-state index in [0.717, 1.165) is 23.2 Å². The molecule has 0 atom stereocenters. The second kappa shape index (κ2) is 11.0. The van der Waals surface area contributed by atoms with Crippen molar-refractivity contribution in [1.82, 2.24) is 0 Å². The predicted octanol–water partition coefficient (Wildman–Crippen LogP) is 4.24. The van der Waals surface area contributed by atoms with Gasteiger partial charge in [-0.05, 0) is 55.7 Å². The lowest BCUT2D eigenvalue weighted by molar-refractivity contribution is -0.147. The average Bonchev–Trinajstić information content (AvgIpc) is 2.72. The number of Topliss-reactive ketones (excluding diaryl/α,β-unsaturated/α-hetero) is 1. The first-order chi connectivity index (χ1) is 13.9. The van der Waals surface area contributed by atoms with Crippen molar-refractivity contribution >= 4 is 23.3 Å². The number of benzene rings is 2. The number of aryl methyl sites for hydroxylation is 2. The van der Waals surface area contributed by atoms with Gasteiger partial charge in [-0.1, -0.05) is 25.1 Å². The highest BCUT2D eigenvalue weighted by Gasteiger charge is 2.13. The maximum Gasteiger partial charge on any atom is 0.306 e. The number of hydrogen-bond acceptors (Lipinski definition) is 5. The lowest BCUT2D eigenvalue weighted by Crippen LogP contribution is -2.22. The molecule has 0 aromatic heterocycles. The number of nitrogens with one attached hydrogen (secondary N) is 1. The fraction of sp³-hybridized carbons (Fsp3) is 0.348. The van der Waals surface area contributed by atoms with Crippen molar-refractivity contribution in [3.63, 3.8) is 0 Å². The first-order valence-electron chi connectivity index (χ1n) is 9.68. The van der Waals surface area contributed by atoms with Crippen LogP contribution in [-0.4, -0.2) is 30.9 Å². The summed E-state index contributed by atoms with van der Waals surface area (Å²) in [4.78, 5) is 36.1. The number of esters is 1. The summed E-state index contributed by atoms with van der Waals surface area (Å²) >= 11 is 0. The summed E-state index contributed by atoms with van der Waals surface area (Å²) in [6.07, 6.45) is 0.849. The summed E-state index contributed by atoms with van der Waals surface area (Å²) in [5, 5.41) is 2.75. The Morgan fingerprint density at radius 2 is 1.59 bits per heavy atom. The van der Waals surface area contributed by atoms with Gasteiger partial charge in [0, 0.05) is 17.7 Å². The topological polar surface area (TPSA) is 81.7 Å². The molecule has 0 aliphatic rings. The third-order valence-corrected chi connectivity index (χ3v) is 4.32. The summed E-state index contributed by atoms with van der Waals surface area (Å²) in [7, 11) is 0. The maximum absolute atomic E-state index is 12.2. The van der Waals surface area contributed by atoms with Gasteiger partial charge in [-0.15, -0.1) is 0 Å². The molecular weight excluding hydrogens is 370 g/mol. The Labute approximate surface area is 171 Å². The number of para-hydroxylation sites is 1. The Hall–Kier alpha value is -3.15. The fourth-order valence-corrected chi connectivity index (χ4v) is 2.72. The standard InChI is InChI=1S/C23H27NO5/c1-4-14-28-19-10-8-18(9-11-19)20(25)12-13-22(27)29-15-21(26)24-23-16(2)6-5-7-17(23)3/h5-11H,4,12-15H2,1-3H3,(H,24,26). The highest BCUT2D eigenvalue weighted by molar-refractivity contribution is 5.98. The van der Waals surface area contributed by atoms with Crippen LogP contribution in [0, 0.1) is 13.8 Å². The van der Waals surface area contributed by atoms with Crippen LogP contribution in [0.3, 0.4) is 0 Å². The van der Waals surface area contributed by atoms with Gasteiger partial charge < -0.3 is 14.8 Å². The molecule has 2 aromatic carbocycles. The molecule has 2 aromatic rings. The first kappa shape index (κ1) is 22.1. The van der Waals surface area contributed by atoms with Gasteiger partial charge in [0.2, 0.25) is 0 Å². The molecule has 0 aliphatic heterocycles. The van der Waals surface area contributed by atoms with E-state index in [4.69, 9.17) is 9.47 Å². The number of ketones is 1. The Morgan fingerprint density at radius 3 is 2.21 bits per heavy atom. The van der Waals surface area contributed by atoms with Gasteiger partial charge in [0.15, 0.2) is 12.4 Å². The van der Waals surface area contributed by atoms with Crippen LogP contribution in [-0.2, 0) is 14.3 Å². The van der Waals surface area contributed by atoms with E-state index in [9.17, 15) is 14.4 Å². The van der Waals surface area contributed by atoms with Gasteiger partial charge in [0.25, 0.3) is 5.91 Å². The Balaban J connectivity index is 1.75. The monoisotopic (exact) mass is 397 g/mol. The van der Waals surface area contributed by atoms with E-state index < -0.39 is 11.9 Å². The average molecular weight is 397 g/mol. The zero-order chi connectivity index (χ0) is 21.2. The Bertz CT molecular complexity index is 838. The third kappa shape index (κ3) is 7.07. The SMILES string of the molecule is CCCOc1ccc(C(=O)CCC(=O)OCC(=O)Nc2c(C)cccc2C)cc1. The number of anilines is 1. The summed E-state index contributed by atoms with van der Waals surface area (Å²) in [5.41, 5.74) is 3.09. The molecule has 0 spiro atoms. The van der Waals surface area contributed by atoms with Crippen LogP contribution in [0.5, 0.6) is 5.75 Å². The highest BCUT2D eigenvalue weighted by atomic mass is 16.5. The second-order valence-corrected chi connectivity index (χ2v) is 6.77. The van der Waals surface area contributed by atoms with E-state index in [1.54, 1.807) is 24.3 Å². The summed E-state index contributed by atoms with van der Waals surface area (Å²) in [5.74, 6) is -0.454. The fourth-order valence-electron chi connectivity index (χ4n) is 2.72. The number of amides is 1. The van der Waals surface area contributed by atoms with E-state index in [0.29, 0.717) is 17.9 Å². The number of carbonyl (C=O) groups is 3. The molecule has 6 heteroatoms. The lowest BCUT2D eigenvalue weighted by Gasteiger charge is -2.11. The van der Waals surface area contributed by atoms with Crippen molar-refractivity contribution in [3.05, 3.63) is 59.2 Å². The van der Waals surface area contributed by atoms with Crippen molar-refractivity contribution in [1.29, 1.82) is 0 Å². The number of carbonyl (C=O) groups excluding carboxylic acids is 3. The third-order valence-electron chi connectivity index (χ3n) is 4.32. The molecule has 0 saturated heterocycles. The van der Waals surface area contributed by atoms with E-state index in [-0.39, 0.29) is 25.2 Å². The van der Waals surface area contributed by atoms with Crippen molar-refractivity contribution in [2.24, 2.45) is 0 Å². The van der Waals surface area contributed by atoms with Crippen LogP contribution < -0.4 is 10.1 Å². The normalized spacial score (nSPS) is 10.3. The van der Waals surface area contributed by atoms with Crippen LogP contribution in [0.25, 0.3) is 0 Å². The van der Waals surface area contributed by atoms with Gasteiger partial charge >= 0.3 is 5.97 Å². The second-order valence-electron chi connectivity index (χ2n) is 6.77. The number of ether oxygens (including phenoxy) is 2. The molecule has 1 amide bonds. The van der Waals surface area contributed by atoms with Gasteiger partial charge in [-0.3, -0.25) is 14.4 Å². The van der Waals surface area contributed by atoms with E-state index in [2.05, 4.69) is 5.32 Å². The van der Waals surface area contributed by atoms with Gasteiger partial charge in [0.05, 0.1) is 13.0 Å². The number of rotatable bonds is 10. The summed E-state index contributed by atoms with van der Waals surface area (Å²) < 4.78 is 10.5. The largest absolute Gasteiger partial charge is 0.494 e. The zero-order valence-electron chi connectivity index (χ0n) is 17.1. The highest BCUT2D eigenvalue weighted by Crippen LogP contribution is 2.19. The van der Waals surface area contributed by atoms with Gasteiger partial charge in [-0.25, -0.2) is 0 Å². The van der Waals surface area contributed by atoms with Crippen molar-refractivity contribution in [2.75, 3.05) is 18.5 Å². The van der Waals surface area contributed by atoms with Crippen LogP contribution in [0.2, 0.25) is 0 Å². The summed E-state index contributed by atoms with van der Waals surface area (Å²) in [6.45, 7) is 6.04. The molecule has 0 saturated carbocycles.